The number of rotatable bonds is 4. The van der Waals surface area contributed by atoms with Crippen molar-refractivity contribution in [2.45, 2.75) is 6.92 Å². The highest BCUT2D eigenvalue weighted by Gasteiger charge is 2.19. The van der Waals surface area contributed by atoms with E-state index in [9.17, 15) is 9.50 Å². The molecule has 2 aromatic rings. The van der Waals surface area contributed by atoms with Gasteiger partial charge in [0.05, 0.1) is 12.4 Å². The summed E-state index contributed by atoms with van der Waals surface area (Å²) < 4.78 is 12.9. The molecule has 1 aliphatic heterocycles. The molecule has 3 rings (SSSR count). The molecule has 0 saturated carbocycles. The molecule has 132 valence electrons. The third kappa shape index (κ3) is 4.67. The quantitative estimate of drug-likeness (QED) is 0.905. The summed E-state index contributed by atoms with van der Waals surface area (Å²) in [6, 6.07) is 5.02. The van der Waals surface area contributed by atoms with Crippen LogP contribution < -0.4 is 4.90 Å². The number of benzene rings is 1. The van der Waals surface area contributed by atoms with Crippen LogP contribution in [0.15, 0.2) is 36.2 Å². The van der Waals surface area contributed by atoms with Gasteiger partial charge in [-0.15, -0.1) is 0 Å². The lowest BCUT2D eigenvalue weighted by Crippen LogP contribution is -2.47. The number of aromatic hydroxyl groups is 1. The summed E-state index contributed by atoms with van der Waals surface area (Å²) in [7, 11) is 0. The number of piperazine rings is 1. The Hall–Kier alpha value is -2.18. The van der Waals surface area contributed by atoms with Gasteiger partial charge in [0, 0.05) is 43.3 Å². The number of halogens is 2. The summed E-state index contributed by atoms with van der Waals surface area (Å²) >= 11 is 5.98. The minimum absolute atomic E-state index is 0.224. The van der Waals surface area contributed by atoms with Gasteiger partial charge in [0.15, 0.2) is 5.82 Å². The minimum Gasteiger partial charge on any atom is -0.507 e. The molecule has 5 nitrogen and oxygen atoms in total. The first-order chi connectivity index (χ1) is 12.0. The Morgan fingerprint density at radius 1 is 1.24 bits per heavy atom. The van der Waals surface area contributed by atoms with E-state index in [0.29, 0.717) is 11.0 Å². The van der Waals surface area contributed by atoms with E-state index in [2.05, 4.69) is 19.8 Å². The Labute approximate surface area is 151 Å². The molecule has 0 aliphatic carbocycles. The standard InChI is InChI=1S/C18H20ClFN4O/c1-13(8-14-9-15(19)2-3-17(14)25)12-23-4-6-24(7-5-23)18-21-10-16(20)11-22-18/h2-3,8-11,25H,4-7,12H2,1H3. The summed E-state index contributed by atoms with van der Waals surface area (Å²) in [6.45, 7) is 6.17. The first-order valence-electron chi connectivity index (χ1n) is 8.12. The maximum absolute atomic E-state index is 12.9. The van der Waals surface area contributed by atoms with Crippen molar-refractivity contribution in [1.82, 2.24) is 14.9 Å². The maximum Gasteiger partial charge on any atom is 0.225 e. The Bertz CT molecular complexity index is 758. The van der Waals surface area contributed by atoms with Crippen molar-refractivity contribution in [2.24, 2.45) is 0 Å². The van der Waals surface area contributed by atoms with E-state index in [-0.39, 0.29) is 5.75 Å². The van der Waals surface area contributed by atoms with Crippen LogP contribution in [-0.4, -0.2) is 52.7 Å². The third-order valence-corrected chi connectivity index (χ3v) is 4.36. The highest BCUT2D eigenvalue weighted by atomic mass is 35.5. The lowest BCUT2D eigenvalue weighted by atomic mass is 10.1. The maximum atomic E-state index is 12.9. The van der Waals surface area contributed by atoms with Gasteiger partial charge >= 0.3 is 0 Å². The zero-order valence-corrected chi connectivity index (χ0v) is 14.7. The van der Waals surface area contributed by atoms with Crippen molar-refractivity contribution in [3.8, 4) is 5.75 Å². The first-order valence-corrected chi connectivity index (χ1v) is 8.49. The number of anilines is 1. The summed E-state index contributed by atoms with van der Waals surface area (Å²) in [6.07, 6.45) is 4.34. The van der Waals surface area contributed by atoms with E-state index in [0.717, 1.165) is 43.9 Å². The molecule has 7 heteroatoms. The molecule has 1 fully saturated rings. The molecule has 0 amide bonds. The second-order valence-electron chi connectivity index (χ2n) is 6.16. The van der Waals surface area contributed by atoms with Gasteiger partial charge in [0.25, 0.3) is 0 Å². The molecular weight excluding hydrogens is 343 g/mol. The fourth-order valence-electron chi connectivity index (χ4n) is 2.88. The zero-order valence-electron chi connectivity index (χ0n) is 14.0. The second-order valence-corrected chi connectivity index (χ2v) is 6.59. The molecule has 1 aromatic heterocycles. The molecule has 1 saturated heterocycles. The number of hydrogen-bond acceptors (Lipinski definition) is 5. The Morgan fingerprint density at radius 3 is 2.60 bits per heavy atom. The van der Waals surface area contributed by atoms with Crippen molar-refractivity contribution in [1.29, 1.82) is 0 Å². The summed E-state index contributed by atoms with van der Waals surface area (Å²) in [4.78, 5) is 12.4. The van der Waals surface area contributed by atoms with Gasteiger partial charge in [-0.25, -0.2) is 14.4 Å². The predicted octanol–water partition coefficient (Wildman–Crippen LogP) is 3.20. The van der Waals surface area contributed by atoms with Gasteiger partial charge in [0.2, 0.25) is 5.95 Å². The highest BCUT2D eigenvalue weighted by Crippen LogP contribution is 2.24. The van der Waals surface area contributed by atoms with Crippen LogP contribution in [0.25, 0.3) is 6.08 Å². The van der Waals surface area contributed by atoms with Gasteiger partial charge < -0.3 is 10.0 Å². The Balaban J connectivity index is 1.57. The van der Waals surface area contributed by atoms with E-state index >= 15 is 0 Å². The van der Waals surface area contributed by atoms with Crippen LogP contribution in [-0.2, 0) is 0 Å². The van der Waals surface area contributed by atoms with E-state index in [1.165, 1.54) is 12.4 Å². The average Bonchev–Trinajstić information content (AvgIpc) is 2.59. The van der Waals surface area contributed by atoms with Crippen LogP contribution in [0.5, 0.6) is 5.75 Å². The molecule has 0 atom stereocenters. The predicted molar refractivity (Wildman–Crippen MR) is 97.4 cm³/mol. The van der Waals surface area contributed by atoms with Crippen molar-refractivity contribution >= 4 is 23.6 Å². The molecule has 1 N–H and O–H groups in total. The molecule has 1 aliphatic rings. The molecular formula is C18H20ClFN4O. The Kier molecular flexibility index (Phi) is 5.50. The van der Waals surface area contributed by atoms with Crippen molar-refractivity contribution in [3.05, 3.63) is 52.6 Å². The molecule has 0 bridgehead atoms. The van der Waals surface area contributed by atoms with Crippen LogP contribution >= 0.6 is 11.6 Å². The largest absolute Gasteiger partial charge is 0.507 e. The van der Waals surface area contributed by atoms with Crippen LogP contribution in [0.2, 0.25) is 5.02 Å². The Morgan fingerprint density at radius 2 is 1.92 bits per heavy atom. The number of phenols is 1. The summed E-state index contributed by atoms with van der Waals surface area (Å²) in [5.41, 5.74) is 1.87. The van der Waals surface area contributed by atoms with Crippen LogP contribution in [0.3, 0.4) is 0 Å². The fraction of sp³-hybridized carbons (Fsp3) is 0.333. The zero-order chi connectivity index (χ0) is 17.8. The van der Waals surface area contributed by atoms with Gasteiger partial charge in [-0.2, -0.15) is 0 Å². The van der Waals surface area contributed by atoms with E-state index in [1.54, 1.807) is 18.2 Å². The monoisotopic (exact) mass is 362 g/mol. The molecule has 1 aromatic carbocycles. The molecule has 0 unspecified atom stereocenters. The van der Waals surface area contributed by atoms with E-state index < -0.39 is 5.82 Å². The average molecular weight is 363 g/mol. The minimum atomic E-state index is -0.424. The SMILES string of the molecule is CC(=Cc1cc(Cl)ccc1O)CN1CCN(c2ncc(F)cn2)CC1. The summed E-state index contributed by atoms with van der Waals surface area (Å²) in [5.74, 6) is 0.367. The van der Waals surface area contributed by atoms with Gasteiger partial charge in [0.1, 0.15) is 5.75 Å². The van der Waals surface area contributed by atoms with Gasteiger partial charge in [-0.3, -0.25) is 4.90 Å². The number of phenolic OH excluding ortho intramolecular Hbond substituents is 1. The lowest BCUT2D eigenvalue weighted by molar-refractivity contribution is 0.277. The lowest BCUT2D eigenvalue weighted by Gasteiger charge is -2.34. The van der Waals surface area contributed by atoms with Crippen LogP contribution in [0.4, 0.5) is 10.3 Å². The molecule has 2 heterocycles. The number of nitrogens with zero attached hydrogens (tertiary/aromatic N) is 4. The van der Waals surface area contributed by atoms with Gasteiger partial charge in [-0.05, 0) is 25.1 Å². The third-order valence-electron chi connectivity index (χ3n) is 4.13. The smallest absolute Gasteiger partial charge is 0.225 e. The van der Waals surface area contributed by atoms with Crippen molar-refractivity contribution < 1.29 is 9.50 Å². The van der Waals surface area contributed by atoms with Crippen LogP contribution in [0, 0.1) is 5.82 Å². The number of aromatic nitrogens is 2. The molecule has 25 heavy (non-hydrogen) atoms. The molecule has 0 radical (unpaired) electrons. The van der Waals surface area contributed by atoms with Gasteiger partial charge in [-0.1, -0.05) is 23.3 Å². The van der Waals surface area contributed by atoms with E-state index in [4.69, 9.17) is 11.6 Å². The normalized spacial score (nSPS) is 16.3. The topological polar surface area (TPSA) is 52.5 Å². The fourth-order valence-corrected chi connectivity index (χ4v) is 3.06. The van der Waals surface area contributed by atoms with E-state index in [1.807, 2.05) is 13.0 Å². The van der Waals surface area contributed by atoms with Crippen molar-refractivity contribution in [2.75, 3.05) is 37.6 Å². The summed E-state index contributed by atoms with van der Waals surface area (Å²) in [5, 5.41) is 10.5. The second kappa shape index (κ2) is 7.80. The van der Waals surface area contributed by atoms with Crippen molar-refractivity contribution in [3.63, 3.8) is 0 Å². The first kappa shape index (κ1) is 17.6. The molecule has 0 spiro atoms. The number of hydrogen-bond donors (Lipinski definition) is 1. The highest BCUT2D eigenvalue weighted by molar-refractivity contribution is 6.30. The van der Waals surface area contributed by atoms with Crippen LogP contribution in [0.1, 0.15) is 12.5 Å².